The van der Waals surface area contributed by atoms with Gasteiger partial charge in [-0.2, -0.15) is 0 Å². The van der Waals surface area contributed by atoms with Crippen molar-refractivity contribution in [3.05, 3.63) is 83.5 Å². The number of hydrogen-bond donors (Lipinski definition) is 2. The van der Waals surface area contributed by atoms with Crippen molar-refractivity contribution >= 4 is 34.6 Å². The number of anilines is 1. The Morgan fingerprint density at radius 1 is 0.968 bits per heavy atom. The van der Waals surface area contributed by atoms with Gasteiger partial charge in [0.25, 0.3) is 0 Å². The number of halogens is 1. The molecule has 1 aliphatic carbocycles. The number of para-hydroxylation sites is 1. The first kappa shape index (κ1) is 21.6. The molecule has 2 aromatic carbocycles. The van der Waals surface area contributed by atoms with Crippen LogP contribution in [0.25, 0.3) is 0 Å². The third-order valence-corrected chi connectivity index (χ3v) is 6.31. The highest BCUT2D eigenvalue weighted by Gasteiger charge is 2.33. The number of pyridine rings is 1. The molecule has 2 N–H and O–H groups in total. The fourth-order valence-electron chi connectivity index (χ4n) is 4.15. The van der Waals surface area contributed by atoms with E-state index in [1.807, 2.05) is 54.6 Å². The summed E-state index contributed by atoms with van der Waals surface area (Å²) in [5, 5.41) is 8.03. The smallest absolute Gasteiger partial charge is 0.219 e. The molecule has 0 unspecified atom stereocenters. The SMILES string of the molecule is S=C(NCC1(c2ccc(Cl)cc2)CCCCC1)Nc1ccc(Oc2ccccc2)nc1. The average Bonchev–Trinajstić information content (AvgIpc) is 2.81. The van der Waals surface area contributed by atoms with Gasteiger partial charge in [-0.3, -0.25) is 0 Å². The Labute approximate surface area is 194 Å². The van der Waals surface area contributed by atoms with Gasteiger partial charge >= 0.3 is 0 Å². The van der Waals surface area contributed by atoms with Gasteiger partial charge in [-0.15, -0.1) is 0 Å². The third kappa shape index (κ3) is 5.75. The zero-order chi connectivity index (χ0) is 21.5. The van der Waals surface area contributed by atoms with E-state index in [-0.39, 0.29) is 5.41 Å². The van der Waals surface area contributed by atoms with Crippen molar-refractivity contribution in [1.82, 2.24) is 10.3 Å². The van der Waals surface area contributed by atoms with Crippen LogP contribution in [0, 0.1) is 0 Å². The molecule has 0 atom stereocenters. The molecule has 0 saturated heterocycles. The summed E-state index contributed by atoms with van der Waals surface area (Å²) in [4.78, 5) is 4.36. The Balaban J connectivity index is 1.35. The van der Waals surface area contributed by atoms with E-state index in [2.05, 4.69) is 27.8 Å². The van der Waals surface area contributed by atoms with Crippen LogP contribution in [0.3, 0.4) is 0 Å². The summed E-state index contributed by atoms with van der Waals surface area (Å²) in [6.45, 7) is 0.795. The molecule has 160 valence electrons. The average molecular weight is 452 g/mol. The summed E-state index contributed by atoms with van der Waals surface area (Å²) in [5.74, 6) is 1.30. The molecule has 0 spiro atoms. The second-order valence-electron chi connectivity index (χ2n) is 7.96. The molecule has 1 saturated carbocycles. The lowest BCUT2D eigenvalue weighted by Crippen LogP contribution is -2.43. The van der Waals surface area contributed by atoms with Crippen LogP contribution in [0.5, 0.6) is 11.6 Å². The summed E-state index contributed by atoms with van der Waals surface area (Å²) in [5.41, 5.74) is 2.23. The molecule has 0 radical (unpaired) electrons. The molecule has 3 aromatic rings. The van der Waals surface area contributed by atoms with Crippen LogP contribution in [0.4, 0.5) is 5.69 Å². The summed E-state index contributed by atoms with van der Waals surface area (Å²) in [6, 6.07) is 21.6. The van der Waals surface area contributed by atoms with E-state index >= 15 is 0 Å². The standard InChI is InChI=1S/C25H26ClN3OS/c26-20-11-9-19(10-12-20)25(15-5-2-6-16-25)18-28-24(31)29-21-13-14-23(27-17-21)30-22-7-3-1-4-8-22/h1,3-4,7-14,17H,2,5-6,15-16,18H2,(H2,28,29,31). The summed E-state index contributed by atoms with van der Waals surface area (Å²) in [7, 11) is 0. The number of nitrogens with one attached hydrogen (secondary N) is 2. The van der Waals surface area contributed by atoms with Gasteiger partial charge in [0.1, 0.15) is 5.75 Å². The van der Waals surface area contributed by atoms with Crippen LogP contribution in [-0.4, -0.2) is 16.6 Å². The van der Waals surface area contributed by atoms with Crippen LogP contribution in [-0.2, 0) is 5.41 Å². The van der Waals surface area contributed by atoms with Crippen molar-refractivity contribution in [2.75, 3.05) is 11.9 Å². The molecule has 31 heavy (non-hydrogen) atoms. The minimum absolute atomic E-state index is 0.0835. The number of aromatic nitrogens is 1. The maximum Gasteiger partial charge on any atom is 0.219 e. The highest BCUT2D eigenvalue weighted by atomic mass is 35.5. The Hall–Kier alpha value is -2.63. The zero-order valence-corrected chi connectivity index (χ0v) is 18.9. The Bertz CT molecular complexity index is 988. The molecule has 1 heterocycles. The quantitative estimate of drug-likeness (QED) is 0.407. The van der Waals surface area contributed by atoms with Gasteiger partial charge in [0.2, 0.25) is 5.88 Å². The fraction of sp³-hybridized carbons (Fsp3) is 0.280. The fourth-order valence-corrected chi connectivity index (χ4v) is 4.46. The van der Waals surface area contributed by atoms with Crippen LogP contribution >= 0.6 is 23.8 Å². The van der Waals surface area contributed by atoms with E-state index < -0.39 is 0 Å². The van der Waals surface area contributed by atoms with E-state index in [1.54, 1.807) is 6.20 Å². The number of benzene rings is 2. The van der Waals surface area contributed by atoms with E-state index in [0.29, 0.717) is 11.0 Å². The van der Waals surface area contributed by atoms with Crippen molar-refractivity contribution in [2.45, 2.75) is 37.5 Å². The molecule has 1 fully saturated rings. The van der Waals surface area contributed by atoms with Crippen LogP contribution < -0.4 is 15.4 Å². The monoisotopic (exact) mass is 451 g/mol. The van der Waals surface area contributed by atoms with Crippen molar-refractivity contribution < 1.29 is 4.74 Å². The van der Waals surface area contributed by atoms with Gasteiger partial charge in [-0.1, -0.05) is 61.2 Å². The predicted octanol–water partition coefficient (Wildman–Crippen LogP) is 6.72. The molecule has 1 aromatic heterocycles. The molecule has 0 amide bonds. The molecule has 0 bridgehead atoms. The van der Waals surface area contributed by atoms with Crippen LogP contribution in [0.1, 0.15) is 37.7 Å². The van der Waals surface area contributed by atoms with Gasteiger partial charge in [0.05, 0.1) is 11.9 Å². The lowest BCUT2D eigenvalue weighted by molar-refractivity contribution is 0.292. The van der Waals surface area contributed by atoms with E-state index in [1.165, 1.54) is 24.8 Å². The molecule has 6 heteroatoms. The number of rotatable bonds is 6. The minimum atomic E-state index is 0.0835. The van der Waals surface area contributed by atoms with Gasteiger partial charge in [0, 0.05) is 23.0 Å². The van der Waals surface area contributed by atoms with Gasteiger partial charge in [0.15, 0.2) is 5.11 Å². The normalized spacial score (nSPS) is 15.1. The molecule has 4 nitrogen and oxygen atoms in total. The summed E-state index contributed by atoms with van der Waals surface area (Å²) < 4.78 is 5.74. The minimum Gasteiger partial charge on any atom is -0.439 e. The second kappa shape index (κ2) is 10.1. The molecule has 0 aliphatic heterocycles. The zero-order valence-electron chi connectivity index (χ0n) is 17.3. The second-order valence-corrected chi connectivity index (χ2v) is 8.80. The number of hydrogen-bond acceptors (Lipinski definition) is 3. The van der Waals surface area contributed by atoms with Crippen molar-refractivity contribution in [3.63, 3.8) is 0 Å². The topological polar surface area (TPSA) is 46.2 Å². The van der Waals surface area contributed by atoms with Crippen molar-refractivity contribution in [2.24, 2.45) is 0 Å². The lowest BCUT2D eigenvalue weighted by atomic mass is 9.69. The van der Waals surface area contributed by atoms with Crippen LogP contribution in [0.2, 0.25) is 5.02 Å². The highest BCUT2D eigenvalue weighted by molar-refractivity contribution is 7.80. The predicted molar refractivity (Wildman–Crippen MR) is 131 cm³/mol. The first-order valence-electron chi connectivity index (χ1n) is 10.6. The van der Waals surface area contributed by atoms with Gasteiger partial charge in [-0.25, -0.2) is 4.98 Å². The van der Waals surface area contributed by atoms with Gasteiger partial charge in [-0.05, 0) is 61.0 Å². The summed E-state index contributed by atoms with van der Waals surface area (Å²) >= 11 is 11.7. The maximum atomic E-state index is 6.11. The molecule has 4 rings (SSSR count). The van der Waals surface area contributed by atoms with E-state index in [9.17, 15) is 0 Å². The van der Waals surface area contributed by atoms with Crippen molar-refractivity contribution in [3.8, 4) is 11.6 Å². The third-order valence-electron chi connectivity index (χ3n) is 5.81. The summed E-state index contributed by atoms with van der Waals surface area (Å²) in [6.07, 6.45) is 7.78. The van der Waals surface area contributed by atoms with Crippen LogP contribution in [0.15, 0.2) is 72.9 Å². The maximum absolute atomic E-state index is 6.11. The molecular formula is C25H26ClN3OS. The Morgan fingerprint density at radius 3 is 2.39 bits per heavy atom. The van der Waals surface area contributed by atoms with E-state index in [4.69, 9.17) is 28.6 Å². The van der Waals surface area contributed by atoms with Gasteiger partial charge < -0.3 is 15.4 Å². The highest BCUT2D eigenvalue weighted by Crippen LogP contribution is 2.39. The molecule has 1 aliphatic rings. The number of thiocarbonyl (C=S) groups is 1. The lowest BCUT2D eigenvalue weighted by Gasteiger charge is -2.38. The molecular weight excluding hydrogens is 426 g/mol. The number of ether oxygens (including phenoxy) is 1. The first-order chi connectivity index (χ1) is 15.1. The van der Waals surface area contributed by atoms with Crippen molar-refractivity contribution in [1.29, 1.82) is 0 Å². The van der Waals surface area contributed by atoms with E-state index in [0.717, 1.165) is 35.8 Å². The largest absolute Gasteiger partial charge is 0.439 e. The number of nitrogens with zero attached hydrogens (tertiary/aromatic N) is 1. The Morgan fingerprint density at radius 2 is 1.71 bits per heavy atom. The Kier molecular flexibility index (Phi) is 7.05. The first-order valence-corrected chi connectivity index (χ1v) is 11.4.